The average Bonchev–Trinajstić information content (AvgIpc) is 2.98. The van der Waals surface area contributed by atoms with Gasteiger partial charge in [-0.05, 0) is 41.7 Å². The molecule has 0 aliphatic heterocycles. The van der Waals surface area contributed by atoms with Crippen LogP contribution < -0.4 is 0 Å². The molecule has 2 fully saturated rings. The maximum absolute atomic E-state index is 13.1. The van der Waals surface area contributed by atoms with Gasteiger partial charge in [0.25, 0.3) is 0 Å². The van der Waals surface area contributed by atoms with Crippen LogP contribution in [0.4, 0.5) is 0 Å². The summed E-state index contributed by atoms with van der Waals surface area (Å²) < 4.78 is 11.2. The van der Waals surface area contributed by atoms with Crippen LogP contribution in [0.1, 0.15) is 53.4 Å². The predicted octanol–water partition coefficient (Wildman–Crippen LogP) is 4.37. The standard InChI is InChI=1S/C23H30O4/c1-13-7-8-16-17-9-10-23(27-15(3)24)12-22(17,11-14(23)2)19(20(25)26-6)18(16)21(13,4)5/h7-8,13,18-19H,2,9-12H2,1,3-6H3/t13-,18+,19+,22-,23+/m0/s1. The minimum Gasteiger partial charge on any atom is -0.469 e. The Kier molecular flexibility index (Phi) is 3.83. The monoisotopic (exact) mass is 370 g/mol. The fraction of sp³-hybridized carbons (Fsp3) is 0.652. The number of hydrogen-bond donors (Lipinski definition) is 0. The molecule has 4 nitrogen and oxygen atoms in total. The summed E-state index contributed by atoms with van der Waals surface area (Å²) in [5.41, 5.74) is 2.64. The minimum absolute atomic E-state index is 0.0456. The van der Waals surface area contributed by atoms with E-state index >= 15 is 0 Å². The van der Waals surface area contributed by atoms with Crippen molar-refractivity contribution in [2.24, 2.45) is 28.6 Å². The topological polar surface area (TPSA) is 52.6 Å². The lowest BCUT2D eigenvalue weighted by atomic mass is 9.58. The van der Waals surface area contributed by atoms with Crippen LogP contribution in [-0.4, -0.2) is 24.6 Å². The maximum atomic E-state index is 13.1. The molecule has 5 atom stereocenters. The molecule has 0 radical (unpaired) electrons. The molecule has 4 aliphatic rings. The van der Waals surface area contributed by atoms with Crippen LogP contribution in [0.5, 0.6) is 0 Å². The van der Waals surface area contributed by atoms with E-state index in [4.69, 9.17) is 9.47 Å². The Hall–Kier alpha value is -1.84. The van der Waals surface area contributed by atoms with Gasteiger partial charge in [-0.2, -0.15) is 0 Å². The first-order chi connectivity index (χ1) is 12.6. The molecule has 0 unspecified atom stereocenters. The number of ether oxygens (including phenoxy) is 2. The Labute approximate surface area is 161 Å². The van der Waals surface area contributed by atoms with Crippen LogP contribution in [-0.2, 0) is 19.1 Å². The van der Waals surface area contributed by atoms with E-state index in [2.05, 4.69) is 39.5 Å². The minimum atomic E-state index is -0.630. The Morgan fingerprint density at radius 1 is 1.30 bits per heavy atom. The second-order valence-electron chi connectivity index (χ2n) is 9.58. The van der Waals surface area contributed by atoms with Crippen molar-refractivity contribution in [3.05, 3.63) is 35.5 Å². The van der Waals surface area contributed by atoms with Crippen molar-refractivity contribution in [2.75, 3.05) is 7.11 Å². The fourth-order valence-electron chi connectivity index (χ4n) is 6.56. The molecule has 2 bridgehead atoms. The third-order valence-corrected chi connectivity index (χ3v) is 8.10. The molecule has 0 N–H and O–H groups in total. The molecule has 0 amide bonds. The van der Waals surface area contributed by atoms with E-state index in [9.17, 15) is 9.59 Å². The van der Waals surface area contributed by atoms with Crippen molar-refractivity contribution in [3.8, 4) is 0 Å². The van der Waals surface area contributed by atoms with Crippen molar-refractivity contribution in [3.63, 3.8) is 0 Å². The van der Waals surface area contributed by atoms with Gasteiger partial charge in [0.2, 0.25) is 0 Å². The maximum Gasteiger partial charge on any atom is 0.310 e. The Morgan fingerprint density at radius 3 is 2.63 bits per heavy atom. The molecule has 4 rings (SSSR count). The van der Waals surface area contributed by atoms with Crippen molar-refractivity contribution in [2.45, 2.75) is 59.0 Å². The second-order valence-corrected chi connectivity index (χ2v) is 9.58. The summed E-state index contributed by atoms with van der Waals surface area (Å²) in [5, 5.41) is 0. The zero-order valence-electron chi connectivity index (χ0n) is 17.1. The van der Waals surface area contributed by atoms with Crippen molar-refractivity contribution < 1.29 is 19.1 Å². The van der Waals surface area contributed by atoms with E-state index in [1.807, 2.05) is 0 Å². The number of allylic oxidation sites excluding steroid dienone is 4. The van der Waals surface area contributed by atoms with E-state index in [-0.39, 0.29) is 34.6 Å². The summed E-state index contributed by atoms with van der Waals surface area (Å²) in [7, 11) is 1.48. The van der Waals surface area contributed by atoms with Gasteiger partial charge in [0.15, 0.2) is 0 Å². The van der Waals surface area contributed by atoms with Gasteiger partial charge in [0.1, 0.15) is 5.60 Å². The molecule has 1 spiro atoms. The molecule has 0 aromatic rings. The van der Waals surface area contributed by atoms with Crippen LogP contribution in [0.15, 0.2) is 35.5 Å². The number of carbonyl (C=O) groups excluding carboxylic acids is 2. The van der Waals surface area contributed by atoms with Crippen molar-refractivity contribution in [1.29, 1.82) is 0 Å². The van der Waals surface area contributed by atoms with Crippen LogP contribution >= 0.6 is 0 Å². The van der Waals surface area contributed by atoms with Gasteiger partial charge >= 0.3 is 11.9 Å². The van der Waals surface area contributed by atoms with Crippen LogP contribution in [0.2, 0.25) is 0 Å². The highest BCUT2D eigenvalue weighted by atomic mass is 16.6. The van der Waals surface area contributed by atoms with Crippen LogP contribution in [0, 0.1) is 28.6 Å². The molecule has 4 heteroatoms. The van der Waals surface area contributed by atoms with E-state index in [1.165, 1.54) is 25.2 Å². The fourth-order valence-corrected chi connectivity index (χ4v) is 6.56. The third kappa shape index (κ3) is 2.22. The van der Waals surface area contributed by atoms with E-state index in [0.717, 1.165) is 18.4 Å². The lowest BCUT2D eigenvalue weighted by molar-refractivity contribution is -0.159. The SMILES string of the molecule is C=C1C[C@]23C[C@]1(OC(C)=O)CCC2=C1C=C[C@H](C)C(C)(C)[C@H]1[C@@H]3C(=O)OC. The first-order valence-corrected chi connectivity index (χ1v) is 9.96. The Morgan fingerprint density at radius 2 is 2.00 bits per heavy atom. The van der Waals surface area contributed by atoms with Gasteiger partial charge in [-0.3, -0.25) is 9.59 Å². The molecule has 0 heterocycles. The number of rotatable bonds is 2. The van der Waals surface area contributed by atoms with Gasteiger partial charge < -0.3 is 9.47 Å². The summed E-state index contributed by atoms with van der Waals surface area (Å²) >= 11 is 0. The number of carbonyl (C=O) groups is 2. The predicted molar refractivity (Wildman–Crippen MR) is 103 cm³/mol. The van der Waals surface area contributed by atoms with E-state index in [1.54, 1.807) is 0 Å². The number of hydrogen-bond acceptors (Lipinski definition) is 4. The van der Waals surface area contributed by atoms with Crippen LogP contribution in [0.25, 0.3) is 0 Å². The highest BCUT2D eigenvalue weighted by molar-refractivity contribution is 5.78. The molecule has 0 aromatic heterocycles. The zero-order chi connectivity index (χ0) is 19.8. The summed E-state index contributed by atoms with van der Waals surface area (Å²) in [6.45, 7) is 12.5. The number of esters is 2. The number of fused-ring (bicyclic) bond motifs is 2. The molecule has 2 saturated carbocycles. The van der Waals surface area contributed by atoms with Crippen molar-refractivity contribution >= 4 is 11.9 Å². The Balaban J connectivity index is 1.90. The molecule has 146 valence electrons. The Bertz CT molecular complexity index is 801. The first kappa shape index (κ1) is 18.5. The smallest absolute Gasteiger partial charge is 0.310 e. The largest absolute Gasteiger partial charge is 0.469 e. The molecular formula is C23H30O4. The van der Waals surface area contributed by atoms with Gasteiger partial charge in [0.05, 0.1) is 13.0 Å². The van der Waals surface area contributed by atoms with Gasteiger partial charge in [0, 0.05) is 24.7 Å². The molecular weight excluding hydrogens is 340 g/mol. The average molecular weight is 370 g/mol. The lowest BCUT2D eigenvalue weighted by Gasteiger charge is -2.45. The molecule has 27 heavy (non-hydrogen) atoms. The third-order valence-electron chi connectivity index (χ3n) is 8.10. The summed E-state index contributed by atoms with van der Waals surface area (Å²) in [5.74, 6) is -0.165. The summed E-state index contributed by atoms with van der Waals surface area (Å²) in [6.07, 6.45) is 7.50. The first-order valence-electron chi connectivity index (χ1n) is 9.96. The summed E-state index contributed by atoms with van der Waals surface area (Å²) in [6, 6.07) is 0. The highest BCUT2D eigenvalue weighted by Gasteiger charge is 2.69. The summed E-state index contributed by atoms with van der Waals surface area (Å²) in [4.78, 5) is 24.9. The van der Waals surface area contributed by atoms with Crippen molar-refractivity contribution in [1.82, 2.24) is 0 Å². The van der Waals surface area contributed by atoms with Gasteiger partial charge in [-0.15, -0.1) is 0 Å². The van der Waals surface area contributed by atoms with E-state index < -0.39 is 5.60 Å². The number of methoxy groups -OCH3 is 1. The molecule has 0 aromatic carbocycles. The lowest BCUT2D eigenvalue weighted by Crippen LogP contribution is -2.46. The normalized spacial score (nSPS) is 41.2. The highest BCUT2D eigenvalue weighted by Crippen LogP contribution is 2.72. The van der Waals surface area contributed by atoms with Gasteiger partial charge in [-0.1, -0.05) is 45.1 Å². The molecule has 0 saturated heterocycles. The second kappa shape index (κ2) is 5.59. The quantitative estimate of drug-likeness (QED) is 0.535. The van der Waals surface area contributed by atoms with E-state index in [0.29, 0.717) is 18.8 Å². The molecule has 4 aliphatic carbocycles. The van der Waals surface area contributed by atoms with Gasteiger partial charge in [-0.25, -0.2) is 0 Å². The van der Waals surface area contributed by atoms with Crippen LogP contribution in [0.3, 0.4) is 0 Å². The zero-order valence-corrected chi connectivity index (χ0v) is 17.1.